The summed E-state index contributed by atoms with van der Waals surface area (Å²) in [7, 11) is -3.62. The van der Waals surface area contributed by atoms with Crippen LogP contribution in [0.25, 0.3) is 0 Å². The Kier molecular flexibility index (Phi) is 5.05. The van der Waals surface area contributed by atoms with Gasteiger partial charge in [0.25, 0.3) is 10.0 Å². The fourth-order valence-electron chi connectivity index (χ4n) is 4.29. The van der Waals surface area contributed by atoms with Crippen LogP contribution in [0, 0.1) is 0 Å². The first-order valence-electron chi connectivity index (χ1n) is 10.4. The molecule has 9 heteroatoms. The van der Waals surface area contributed by atoms with E-state index in [1.54, 1.807) is 18.2 Å². The second-order valence-corrected chi connectivity index (χ2v) is 9.42. The first-order valence-corrected chi connectivity index (χ1v) is 11.9. The van der Waals surface area contributed by atoms with E-state index in [1.807, 2.05) is 23.1 Å². The van der Waals surface area contributed by atoms with Crippen molar-refractivity contribution in [3.8, 4) is 11.5 Å². The lowest BCUT2D eigenvalue weighted by atomic mass is 10.0. The van der Waals surface area contributed by atoms with Crippen molar-refractivity contribution >= 4 is 21.8 Å². The molecule has 1 N–H and O–H groups in total. The molecule has 0 bridgehead atoms. The maximum Gasteiger partial charge on any atom is 0.263 e. The predicted molar refractivity (Wildman–Crippen MR) is 114 cm³/mol. The Labute approximate surface area is 180 Å². The van der Waals surface area contributed by atoms with Gasteiger partial charge in [0.15, 0.2) is 11.5 Å². The summed E-state index contributed by atoms with van der Waals surface area (Å²) in [5.41, 5.74) is 1.51. The van der Waals surface area contributed by atoms with E-state index in [4.69, 9.17) is 9.47 Å². The van der Waals surface area contributed by atoms with E-state index in [-0.39, 0.29) is 29.2 Å². The minimum absolute atomic E-state index is 0.0580. The van der Waals surface area contributed by atoms with Gasteiger partial charge in [0.2, 0.25) is 5.91 Å². The number of amidine groups is 1. The molecule has 0 aromatic heterocycles. The van der Waals surface area contributed by atoms with Crippen molar-refractivity contribution in [3.05, 3.63) is 53.6 Å². The van der Waals surface area contributed by atoms with Gasteiger partial charge >= 0.3 is 0 Å². The predicted octanol–water partition coefficient (Wildman–Crippen LogP) is 2.25. The van der Waals surface area contributed by atoms with Crippen LogP contribution in [0.4, 0.5) is 0 Å². The number of carbonyl (C=O) groups is 1. The first kappa shape index (κ1) is 19.9. The smallest absolute Gasteiger partial charge is 0.263 e. The molecule has 2 aromatic carbocycles. The summed E-state index contributed by atoms with van der Waals surface area (Å²) in [4.78, 5) is 19.3. The van der Waals surface area contributed by atoms with Crippen LogP contribution in [-0.2, 0) is 14.8 Å². The van der Waals surface area contributed by atoms with E-state index < -0.39 is 10.0 Å². The van der Waals surface area contributed by atoms with E-state index in [2.05, 4.69) is 9.71 Å². The van der Waals surface area contributed by atoms with Crippen molar-refractivity contribution in [2.75, 3.05) is 26.3 Å². The SMILES string of the molecule is O=C(CN=C1NS(=O)(=O)c2ccccc21)N1CCCC1c1ccc2c(c1)OCCCO2. The lowest BCUT2D eigenvalue weighted by molar-refractivity contribution is -0.130. The van der Waals surface area contributed by atoms with Crippen LogP contribution < -0.4 is 14.2 Å². The molecule has 1 unspecified atom stereocenters. The van der Waals surface area contributed by atoms with Gasteiger partial charge in [-0.25, -0.2) is 8.42 Å². The van der Waals surface area contributed by atoms with Gasteiger partial charge in [-0.2, -0.15) is 0 Å². The van der Waals surface area contributed by atoms with Crippen molar-refractivity contribution in [3.63, 3.8) is 0 Å². The van der Waals surface area contributed by atoms with Crippen molar-refractivity contribution in [2.45, 2.75) is 30.2 Å². The fourth-order valence-corrected chi connectivity index (χ4v) is 5.54. The van der Waals surface area contributed by atoms with Gasteiger partial charge in [0.05, 0.1) is 24.2 Å². The summed E-state index contributed by atoms with van der Waals surface area (Å²) in [5, 5.41) is 0. The average molecular weight is 442 g/mol. The molecule has 0 spiro atoms. The van der Waals surface area contributed by atoms with Gasteiger partial charge in [0.1, 0.15) is 12.4 Å². The Balaban J connectivity index is 1.34. The standard InChI is InChI=1S/C22H23N3O5S/c26-21(14-23-22-16-5-1-2-7-20(16)31(27,28)24-22)25-10-3-6-17(25)15-8-9-18-19(13-15)30-12-4-11-29-18/h1-2,5,7-9,13,17H,3-4,6,10-12,14H2,(H,23,24). The molecule has 3 aliphatic heterocycles. The highest BCUT2D eigenvalue weighted by atomic mass is 32.2. The molecule has 1 amide bonds. The van der Waals surface area contributed by atoms with Crippen LogP contribution in [0.1, 0.15) is 36.4 Å². The zero-order chi connectivity index (χ0) is 21.4. The number of sulfonamides is 1. The summed E-state index contributed by atoms with van der Waals surface area (Å²) in [6.07, 6.45) is 2.60. The maximum atomic E-state index is 13.0. The highest BCUT2D eigenvalue weighted by molar-refractivity contribution is 7.90. The third-order valence-electron chi connectivity index (χ3n) is 5.76. The van der Waals surface area contributed by atoms with Crippen LogP contribution >= 0.6 is 0 Å². The number of amides is 1. The Morgan fingerprint density at radius 3 is 2.77 bits per heavy atom. The molecule has 1 saturated heterocycles. The Bertz CT molecular complexity index is 1160. The number of rotatable bonds is 3. The quantitative estimate of drug-likeness (QED) is 0.788. The number of nitrogens with one attached hydrogen (secondary N) is 1. The zero-order valence-corrected chi connectivity index (χ0v) is 17.7. The molecule has 2 aromatic rings. The van der Waals surface area contributed by atoms with Crippen LogP contribution in [-0.4, -0.2) is 51.4 Å². The second-order valence-electron chi connectivity index (χ2n) is 7.77. The highest BCUT2D eigenvalue weighted by Gasteiger charge is 2.33. The van der Waals surface area contributed by atoms with Gasteiger partial charge in [-0.15, -0.1) is 0 Å². The molecule has 0 radical (unpaired) electrons. The minimum atomic E-state index is -3.62. The summed E-state index contributed by atoms with van der Waals surface area (Å²) < 4.78 is 38.4. The number of ether oxygens (including phenoxy) is 2. The van der Waals surface area contributed by atoms with E-state index in [0.29, 0.717) is 31.1 Å². The topological polar surface area (TPSA) is 97.3 Å². The molecular weight excluding hydrogens is 418 g/mol. The highest BCUT2D eigenvalue weighted by Crippen LogP contribution is 2.38. The molecule has 1 atom stereocenters. The second kappa shape index (κ2) is 7.88. The summed E-state index contributed by atoms with van der Waals surface area (Å²) in [5.74, 6) is 1.53. The van der Waals surface area contributed by atoms with Crippen molar-refractivity contribution in [1.29, 1.82) is 0 Å². The van der Waals surface area contributed by atoms with Crippen molar-refractivity contribution < 1.29 is 22.7 Å². The number of carbonyl (C=O) groups excluding carboxylic acids is 1. The molecule has 5 rings (SSSR count). The van der Waals surface area contributed by atoms with Gasteiger partial charge in [0, 0.05) is 18.5 Å². The van der Waals surface area contributed by atoms with Gasteiger partial charge in [-0.3, -0.25) is 14.5 Å². The van der Waals surface area contributed by atoms with E-state index in [0.717, 1.165) is 30.6 Å². The van der Waals surface area contributed by atoms with Gasteiger partial charge in [-0.1, -0.05) is 18.2 Å². The number of nitrogens with zero attached hydrogens (tertiary/aromatic N) is 2. The van der Waals surface area contributed by atoms with Gasteiger partial charge < -0.3 is 14.4 Å². The molecule has 0 saturated carbocycles. The Hall–Kier alpha value is -3.07. The molecule has 8 nitrogen and oxygen atoms in total. The molecule has 0 aliphatic carbocycles. The molecule has 1 fully saturated rings. The van der Waals surface area contributed by atoms with Gasteiger partial charge in [-0.05, 0) is 42.7 Å². The van der Waals surface area contributed by atoms with Crippen LogP contribution in [0.3, 0.4) is 0 Å². The number of likely N-dealkylation sites (tertiary alicyclic amines) is 1. The first-order chi connectivity index (χ1) is 15.0. The van der Waals surface area contributed by atoms with Crippen LogP contribution in [0.2, 0.25) is 0 Å². The fraction of sp³-hybridized carbons (Fsp3) is 0.364. The lowest BCUT2D eigenvalue weighted by Crippen LogP contribution is -2.33. The number of hydrogen-bond acceptors (Lipinski definition) is 6. The molecule has 31 heavy (non-hydrogen) atoms. The Morgan fingerprint density at radius 1 is 1.10 bits per heavy atom. The normalized spacial score (nSPS) is 22.6. The minimum Gasteiger partial charge on any atom is -0.490 e. The largest absolute Gasteiger partial charge is 0.490 e. The third kappa shape index (κ3) is 3.74. The number of aliphatic imine (C=N–C) groups is 1. The summed E-state index contributed by atoms with van der Waals surface area (Å²) >= 11 is 0. The molecule has 3 heterocycles. The lowest BCUT2D eigenvalue weighted by Gasteiger charge is -2.25. The molecule has 3 aliphatic rings. The number of hydrogen-bond donors (Lipinski definition) is 1. The Morgan fingerprint density at radius 2 is 1.90 bits per heavy atom. The zero-order valence-electron chi connectivity index (χ0n) is 16.9. The average Bonchev–Trinajstić information content (AvgIpc) is 3.27. The van der Waals surface area contributed by atoms with E-state index in [9.17, 15) is 13.2 Å². The monoisotopic (exact) mass is 441 g/mol. The number of fused-ring (bicyclic) bond motifs is 2. The van der Waals surface area contributed by atoms with E-state index in [1.165, 1.54) is 6.07 Å². The van der Waals surface area contributed by atoms with E-state index >= 15 is 0 Å². The number of benzene rings is 2. The molecule has 162 valence electrons. The third-order valence-corrected chi connectivity index (χ3v) is 7.16. The van der Waals surface area contributed by atoms with Crippen molar-refractivity contribution in [1.82, 2.24) is 9.62 Å². The van der Waals surface area contributed by atoms with Crippen molar-refractivity contribution in [2.24, 2.45) is 4.99 Å². The molecular formula is C22H23N3O5S. The maximum absolute atomic E-state index is 13.0. The van der Waals surface area contributed by atoms with Crippen LogP contribution in [0.5, 0.6) is 11.5 Å². The summed E-state index contributed by atoms with van der Waals surface area (Å²) in [6.45, 7) is 1.77. The summed E-state index contributed by atoms with van der Waals surface area (Å²) in [6, 6.07) is 12.4. The van der Waals surface area contributed by atoms with Crippen LogP contribution in [0.15, 0.2) is 52.4 Å².